The summed E-state index contributed by atoms with van der Waals surface area (Å²) in [5.41, 5.74) is -0.0191. The van der Waals surface area contributed by atoms with E-state index in [1.807, 2.05) is 5.32 Å². The van der Waals surface area contributed by atoms with Crippen LogP contribution >= 0.6 is 0 Å². The summed E-state index contributed by atoms with van der Waals surface area (Å²) in [6, 6.07) is 5.73. The average Bonchev–Trinajstić information content (AvgIpc) is 2.53. The molecule has 4 nitrogen and oxygen atoms in total. The highest BCUT2D eigenvalue weighted by atomic mass is 19.4. The molecule has 0 spiro atoms. The monoisotopic (exact) mass is 351 g/mol. The van der Waals surface area contributed by atoms with Gasteiger partial charge in [-0.1, -0.05) is 32.3 Å². The molecular weight excluding hydrogens is 330 g/mol. The van der Waals surface area contributed by atoms with Crippen molar-refractivity contribution < 1.29 is 31.8 Å². The van der Waals surface area contributed by atoms with Crippen molar-refractivity contribution in [1.29, 1.82) is 0 Å². The van der Waals surface area contributed by atoms with E-state index in [1.54, 1.807) is 6.07 Å². The molecule has 24 heavy (non-hydrogen) atoms. The first-order valence-corrected chi connectivity index (χ1v) is 7.59. The number of methoxy groups -OCH3 is 1. The van der Waals surface area contributed by atoms with Gasteiger partial charge in [0.05, 0.1) is 6.61 Å². The van der Waals surface area contributed by atoms with Gasteiger partial charge in [-0.2, -0.15) is 17.6 Å². The Hall–Kier alpha value is -1.83. The Labute approximate surface area is 138 Å². The third kappa shape index (κ3) is 5.36. The average molecular weight is 351 g/mol. The summed E-state index contributed by atoms with van der Waals surface area (Å²) in [4.78, 5) is 11.6. The quantitative estimate of drug-likeness (QED) is 0.528. The van der Waals surface area contributed by atoms with Crippen molar-refractivity contribution in [3.05, 3.63) is 24.3 Å². The minimum Gasteiger partial charge on any atom is -0.494 e. The van der Waals surface area contributed by atoms with Crippen LogP contribution in [0.15, 0.2) is 24.3 Å². The van der Waals surface area contributed by atoms with E-state index in [9.17, 15) is 22.4 Å². The fourth-order valence-corrected chi connectivity index (χ4v) is 1.93. The number of carbonyl (C=O) groups is 1. The molecule has 1 rings (SSSR count). The molecule has 0 radical (unpaired) electrons. The van der Waals surface area contributed by atoms with Crippen molar-refractivity contribution in [2.45, 2.75) is 44.6 Å². The van der Waals surface area contributed by atoms with Gasteiger partial charge in [0, 0.05) is 18.9 Å². The van der Waals surface area contributed by atoms with Gasteiger partial charge in [-0.3, -0.25) is 4.79 Å². The van der Waals surface area contributed by atoms with E-state index in [1.165, 1.54) is 18.2 Å². The largest absolute Gasteiger partial charge is 0.494 e. The number of nitrogens with one attached hydrogen (secondary N) is 1. The Morgan fingerprint density at radius 1 is 1.17 bits per heavy atom. The van der Waals surface area contributed by atoms with E-state index < -0.39 is 17.9 Å². The highest BCUT2D eigenvalue weighted by Gasteiger charge is 2.63. The van der Waals surface area contributed by atoms with E-state index in [-0.39, 0.29) is 5.69 Å². The predicted molar refractivity (Wildman–Crippen MR) is 81.6 cm³/mol. The lowest BCUT2D eigenvalue weighted by atomic mass is 10.2. The maximum atomic E-state index is 13.7. The molecule has 1 atom stereocenters. The molecule has 0 unspecified atom stereocenters. The minimum atomic E-state index is -5.49. The zero-order chi connectivity index (χ0) is 18.2. The smallest absolute Gasteiger partial charge is 0.458 e. The van der Waals surface area contributed by atoms with Crippen molar-refractivity contribution in [2.24, 2.45) is 0 Å². The molecule has 1 aromatic carbocycles. The van der Waals surface area contributed by atoms with Gasteiger partial charge in [0.25, 0.3) is 5.91 Å². The minimum absolute atomic E-state index is 0.0191. The van der Waals surface area contributed by atoms with Crippen LogP contribution in [0.5, 0.6) is 5.75 Å². The maximum Gasteiger partial charge on any atom is 0.458 e. The zero-order valence-electron chi connectivity index (χ0n) is 13.6. The molecule has 0 heterocycles. The molecule has 0 bridgehead atoms. The summed E-state index contributed by atoms with van der Waals surface area (Å²) in [6.45, 7) is 2.53. The summed E-state index contributed by atoms with van der Waals surface area (Å²) >= 11 is 0. The van der Waals surface area contributed by atoms with E-state index in [4.69, 9.17) is 4.74 Å². The van der Waals surface area contributed by atoms with E-state index in [0.717, 1.165) is 25.7 Å². The van der Waals surface area contributed by atoms with Crippen LogP contribution in [0.2, 0.25) is 0 Å². The third-order valence-electron chi connectivity index (χ3n) is 3.30. The first kappa shape index (κ1) is 20.2. The number of anilines is 1. The van der Waals surface area contributed by atoms with E-state index in [0.29, 0.717) is 19.5 Å². The molecule has 8 heteroatoms. The number of alkyl halides is 4. The maximum absolute atomic E-state index is 13.7. The number of rotatable bonds is 9. The summed E-state index contributed by atoms with van der Waals surface area (Å²) in [7, 11) is 0.475. The number of unbranched alkanes of at least 4 members (excludes halogenated alkanes) is 3. The molecule has 0 saturated heterocycles. The lowest BCUT2D eigenvalue weighted by Gasteiger charge is -2.24. The molecule has 0 fully saturated rings. The Bertz CT molecular complexity index is 536. The second-order valence-electron chi connectivity index (χ2n) is 5.19. The van der Waals surface area contributed by atoms with Gasteiger partial charge < -0.3 is 14.8 Å². The number of hydrogen-bond acceptors (Lipinski definition) is 3. The standard InChI is InChI=1S/C16H21F4NO3/c1-3-4-5-6-10-24-13-9-7-8-12(11-13)21-14(22)15(17,23-2)16(18,19)20/h7-9,11H,3-6,10H2,1-2H3,(H,21,22)/t15-/m0/s1. The summed E-state index contributed by atoms with van der Waals surface area (Å²) in [5.74, 6) is -5.99. The van der Waals surface area contributed by atoms with Crippen LogP contribution in [0.1, 0.15) is 32.6 Å². The van der Waals surface area contributed by atoms with Crippen LogP contribution in [-0.2, 0) is 9.53 Å². The predicted octanol–water partition coefficient (Wildman–Crippen LogP) is 4.46. The Kier molecular flexibility index (Phi) is 7.47. The SMILES string of the molecule is CCCCCCOc1cccc(NC(=O)[C@](F)(OC)C(F)(F)F)c1. The molecule has 0 aliphatic carbocycles. The van der Waals surface area contributed by atoms with Crippen LogP contribution in [0.4, 0.5) is 23.2 Å². The summed E-state index contributed by atoms with van der Waals surface area (Å²) < 4.78 is 60.8. The number of carbonyl (C=O) groups excluding carboxylic acids is 1. The first-order chi connectivity index (χ1) is 11.2. The molecule has 1 amide bonds. The second kappa shape index (κ2) is 8.86. The highest BCUT2D eigenvalue weighted by molar-refractivity contribution is 5.96. The second-order valence-corrected chi connectivity index (χ2v) is 5.19. The fourth-order valence-electron chi connectivity index (χ4n) is 1.93. The molecule has 1 N–H and O–H groups in total. The molecule has 0 aromatic heterocycles. The molecule has 1 aromatic rings. The zero-order valence-corrected chi connectivity index (χ0v) is 13.6. The van der Waals surface area contributed by atoms with Crippen molar-refractivity contribution >= 4 is 11.6 Å². The number of hydrogen-bond donors (Lipinski definition) is 1. The van der Waals surface area contributed by atoms with Gasteiger partial charge in [-0.15, -0.1) is 0 Å². The van der Waals surface area contributed by atoms with Crippen LogP contribution in [0.25, 0.3) is 0 Å². The van der Waals surface area contributed by atoms with E-state index in [2.05, 4.69) is 11.7 Å². The van der Waals surface area contributed by atoms with E-state index >= 15 is 0 Å². The van der Waals surface area contributed by atoms with Crippen molar-refractivity contribution in [3.63, 3.8) is 0 Å². The van der Waals surface area contributed by atoms with Gasteiger partial charge >= 0.3 is 12.0 Å². The normalized spacial score (nSPS) is 14.1. The molecule has 0 saturated carbocycles. The topological polar surface area (TPSA) is 47.6 Å². The first-order valence-electron chi connectivity index (χ1n) is 7.59. The molecule has 0 aliphatic rings. The molecule has 0 aliphatic heterocycles. The lowest BCUT2D eigenvalue weighted by molar-refractivity contribution is -0.305. The van der Waals surface area contributed by atoms with Gasteiger partial charge in [-0.25, -0.2) is 0 Å². The number of amides is 1. The summed E-state index contributed by atoms with van der Waals surface area (Å²) in [6.07, 6.45) is -1.45. The Morgan fingerprint density at radius 2 is 1.88 bits per heavy atom. The van der Waals surface area contributed by atoms with Gasteiger partial charge in [0.2, 0.25) is 0 Å². The Morgan fingerprint density at radius 3 is 2.46 bits per heavy atom. The third-order valence-corrected chi connectivity index (χ3v) is 3.30. The van der Waals surface area contributed by atoms with Crippen LogP contribution in [0, 0.1) is 0 Å². The van der Waals surface area contributed by atoms with Gasteiger partial charge in [-0.05, 0) is 18.6 Å². The number of benzene rings is 1. The number of ether oxygens (including phenoxy) is 2. The van der Waals surface area contributed by atoms with Crippen molar-refractivity contribution in [3.8, 4) is 5.75 Å². The Balaban J connectivity index is 2.68. The highest BCUT2D eigenvalue weighted by Crippen LogP contribution is 2.35. The van der Waals surface area contributed by atoms with Crippen molar-refractivity contribution in [1.82, 2.24) is 0 Å². The van der Waals surface area contributed by atoms with Crippen LogP contribution in [-0.4, -0.2) is 31.7 Å². The van der Waals surface area contributed by atoms with Crippen LogP contribution in [0.3, 0.4) is 0 Å². The fraction of sp³-hybridized carbons (Fsp3) is 0.562. The molecule has 136 valence electrons. The lowest BCUT2D eigenvalue weighted by Crippen LogP contribution is -2.52. The van der Waals surface area contributed by atoms with Gasteiger partial charge in [0.15, 0.2) is 0 Å². The molecular formula is C16H21F4NO3. The number of halogens is 4. The van der Waals surface area contributed by atoms with Crippen LogP contribution < -0.4 is 10.1 Å². The van der Waals surface area contributed by atoms with Crippen molar-refractivity contribution in [2.75, 3.05) is 19.0 Å². The summed E-state index contributed by atoms with van der Waals surface area (Å²) in [5, 5.41) is 1.85. The van der Waals surface area contributed by atoms with Gasteiger partial charge in [0.1, 0.15) is 5.75 Å².